The number of hydrogen-bond donors (Lipinski definition) is 1. The minimum Gasteiger partial charge on any atom is -0.507 e. The van der Waals surface area contributed by atoms with Crippen molar-refractivity contribution in [2.24, 2.45) is 0 Å². The molecule has 1 N–H and O–H groups in total. The molecular weight excluding hydrogens is 1030 g/mol. The van der Waals surface area contributed by atoms with E-state index in [1.54, 1.807) is 12.1 Å². The number of fused-ring (bicyclic) bond motifs is 1. The van der Waals surface area contributed by atoms with Crippen molar-refractivity contribution in [3.63, 3.8) is 0 Å². The van der Waals surface area contributed by atoms with E-state index in [1.165, 1.54) is 5.56 Å². The van der Waals surface area contributed by atoms with Gasteiger partial charge in [0.2, 0.25) is 0 Å². The summed E-state index contributed by atoms with van der Waals surface area (Å²) in [6.07, 6.45) is 1.86. The summed E-state index contributed by atoms with van der Waals surface area (Å²) >= 11 is 0. The normalized spacial score (nSPS) is 12.2. The third-order valence-electron chi connectivity index (χ3n) is 13.0. The SMILES string of the molecule is [2H]C([2H])([2H])c1cc(-c2ccc(C(C)(C)C)cc2)c(-n2c(-c3ccccc3O)nc3c(-c4[c-]c(-c5cc(-c6ccc(-c7ccccc7)cc6)ccn5)cc(-c5ccccc5)c4)cccc32)cc1-c1ccccc1.[Pt]. The Bertz CT molecular complexity index is 3750. The molecule has 4 nitrogen and oxygen atoms in total. The third-order valence-corrected chi connectivity index (χ3v) is 13.0. The van der Waals surface area contributed by atoms with E-state index in [1.807, 2.05) is 103 Å². The average molecular weight is 1090 g/mol. The molecule has 0 bridgehead atoms. The fourth-order valence-corrected chi connectivity index (χ4v) is 9.31. The monoisotopic (exact) mass is 1090 g/mol. The maximum Gasteiger partial charge on any atom is 0.148 e. The van der Waals surface area contributed by atoms with Gasteiger partial charge in [0.25, 0.3) is 0 Å². The Balaban J connectivity index is 0.00000611. The topological polar surface area (TPSA) is 50.9 Å². The van der Waals surface area contributed by atoms with Gasteiger partial charge in [-0.05, 0) is 104 Å². The van der Waals surface area contributed by atoms with Gasteiger partial charge in [-0.15, -0.1) is 23.8 Å². The number of aromatic nitrogens is 3. The van der Waals surface area contributed by atoms with Crippen molar-refractivity contribution < 1.29 is 30.3 Å². The Morgan fingerprint density at radius 3 is 1.70 bits per heavy atom. The number of pyridine rings is 1. The van der Waals surface area contributed by atoms with E-state index in [0.29, 0.717) is 33.7 Å². The van der Waals surface area contributed by atoms with Crippen molar-refractivity contribution in [1.29, 1.82) is 0 Å². The van der Waals surface area contributed by atoms with Crippen LogP contribution in [0.3, 0.4) is 0 Å². The van der Waals surface area contributed by atoms with Crippen LogP contribution in [0.4, 0.5) is 0 Å². The van der Waals surface area contributed by atoms with Crippen LogP contribution in [-0.2, 0) is 26.5 Å². The Morgan fingerprint density at radius 2 is 1.04 bits per heavy atom. The summed E-state index contributed by atoms with van der Waals surface area (Å²) in [7, 11) is 0. The maximum atomic E-state index is 11.7. The summed E-state index contributed by atoms with van der Waals surface area (Å²) in [5.74, 6) is 0.561. The van der Waals surface area contributed by atoms with Gasteiger partial charge in [-0.2, -0.15) is 0 Å². The van der Waals surface area contributed by atoms with Crippen LogP contribution in [0.1, 0.15) is 36.0 Å². The standard InChI is InChI=1S/C65H50N3O.Pt/c1-43-37-58(49-31-33-54(34-32-49)65(2,3)4)61(42-57(43)48-21-12-7-13-22-48)68-60-25-16-24-55(63(60)67-64(68)56-23-14-15-26-62(56)69)52-38-51(45-19-10-6-11-20-45)39-53(40-52)59-41-50(35-36-66-59)47-29-27-46(28-30-47)44-17-8-5-9-18-44;/h5-39,41-42,69H,1-4H3;/q-1;/i1D3;. The number of para-hydroxylation sites is 2. The average Bonchev–Trinajstić information content (AvgIpc) is 3.80. The molecule has 0 unspecified atom stereocenters. The zero-order chi connectivity index (χ0) is 49.6. The van der Waals surface area contributed by atoms with Crippen LogP contribution in [0.25, 0.3) is 106 Å². The molecule has 342 valence electrons. The number of hydrogen-bond acceptors (Lipinski definition) is 3. The van der Waals surface area contributed by atoms with Crippen LogP contribution >= 0.6 is 0 Å². The second-order valence-electron chi connectivity index (χ2n) is 18.5. The Hall–Kier alpha value is -7.91. The van der Waals surface area contributed by atoms with Crippen LogP contribution in [-0.4, -0.2) is 19.6 Å². The van der Waals surface area contributed by atoms with E-state index in [4.69, 9.17) is 14.1 Å². The molecule has 9 aromatic carbocycles. The largest absolute Gasteiger partial charge is 0.507 e. The Labute approximate surface area is 429 Å². The number of imidazole rings is 1. The molecule has 0 saturated carbocycles. The molecule has 2 heterocycles. The smallest absolute Gasteiger partial charge is 0.148 e. The van der Waals surface area contributed by atoms with Gasteiger partial charge in [0.15, 0.2) is 0 Å². The molecule has 5 heteroatoms. The first-order valence-corrected chi connectivity index (χ1v) is 23.3. The van der Waals surface area contributed by atoms with Gasteiger partial charge in [-0.3, -0.25) is 9.55 Å². The van der Waals surface area contributed by atoms with Gasteiger partial charge >= 0.3 is 0 Å². The molecule has 0 aliphatic rings. The molecule has 0 aliphatic carbocycles. The summed E-state index contributed by atoms with van der Waals surface area (Å²) in [5, 5.41) is 11.7. The van der Waals surface area contributed by atoms with Crippen LogP contribution in [0.2, 0.25) is 0 Å². The summed E-state index contributed by atoms with van der Waals surface area (Å²) < 4.78 is 28.7. The van der Waals surface area contributed by atoms with Gasteiger partial charge in [0.05, 0.1) is 22.3 Å². The molecule has 2 aromatic heterocycles. The van der Waals surface area contributed by atoms with Crippen LogP contribution in [0.5, 0.6) is 5.75 Å². The number of benzene rings is 9. The van der Waals surface area contributed by atoms with Crippen LogP contribution in [0, 0.1) is 12.9 Å². The van der Waals surface area contributed by atoms with Crippen molar-refractivity contribution in [1.82, 2.24) is 14.5 Å². The van der Waals surface area contributed by atoms with E-state index in [-0.39, 0.29) is 37.8 Å². The van der Waals surface area contributed by atoms with Crippen molar-refractivity contribution in [3.05, 3.63) is 242 Å². The molecule has 70 heavy (non-hydrogen) atoms. The first-order chi connectivity index (χ1) is 34.9. The van der Waals surface area contributed by atoms with E-state index in [2.05, 4.69) is 141 Å². The Morgan fingerprint density at radius 1 is 0.486 bits per heavy atom. The number of phenolic OH excluding ortho intramolecular Hbond substituents is 1. The number of aromatic hydroxyl groups is 1. The zero-order valence-corrected chi connectivity index (χ0v) is 41.2. The fourth-order valence-electron chi connectivity index (χ4n) is 9.31. The van der Waals surface area contributed by atoms with Crippen LogP contribution < -0.4 is 0 Å². The third kappa shape index (κ3) is 8.95. The molecule has 11 aromatic rings. The number of rotatable bonds is 9. The molecule has 0 aliphatic heterocycles. The second kappa shape index (κ2) is 19.2. The number of nitrogens with zero attached hydrogens (tertiary/aromatic N) is 3. The van der Waals surface area contributed by atoms with Gasteiger partial charge in [0.1, 0.15) is 11.6 Å². The van der Waals surface area contributed by atoms with Crippen molar-refractivity contribution >= 4 is 11.0 Å². The maximum absolute atomic E-state index is 11.7. The first kappa shape index (κ1) is 42.2. The van der Waals surface area contributed by atoms with Crippen molar-refractivity contribution in [2.75, 3.05) is 0 Å². The minimum atomic E-state index is -2.44. The van der Waals surface area contributed by atoms with Gasteiger partial charge < -0.3 is 5.11 Å². The van der Waals surface area contributed by atoms with Gasteiger partial charge in [-0.1, -0.05) is 207 Å². The molecular formula is C65H50N3OPt-. The molecule has 0 saturated heterocycles. The molecule has 0 spiro atoms. The van der Waals surface area contributed by atoms with E-state index >= 15 is 0 Å². The van der Waals surface area contributed by atoms with Gasteiger partial charge in [0, 0.05) is 42.6 Å². The predicted molar refractivity (Wildman–Crippen MR) is 286 cm³/mol. The first-order valence-electron chi connectivity index (χ1n) is 24.8. The zero-order valence-electron chi connectivity index (χ0n) is 42.0. The quantitative estimate of drug-likeness (QED) is 0.147. The number of aryl methyl sites for hydroxylation is 1. The fraction of sp³-hybridized carbons (Fsp3) is 0.0769. The molecule has 0 fully saturated rings. The molecule has 0 atom stereocenters. The molecule has 11 rings (SSSR count). The van der Waals surface area contributed by atoms with E-state index < -0.39 is 6.85 Å². The van der Waals surface area contributed by atoms with Crippen molar-refractivity contribution in [3.8, 4) is 101 Å². The summed E-state index contributed by atoms with van der Waals surface area (Å²) in [6.45, 7) is 4.10. The predicted octanol–water partition coefficient (Wildman–Crippen LogP) is 16.9. The molecule has 0 radical (unpaired) electrons. The van der Waals surface area contributed by atoms with Crippen molar-refractivity contribution in [2.45, 2.75) is 33.0 Å². The van der Waals surface area contributed by atoms with E-state index in [9.17, 15) is 5.11 Å². The van der Waals surface area contributed by atoms with Gasteiger partial charge in [-0.25, -0.2) is 4.98 Å². The van der Waals surface area contributed by atoms with Crippen LogP contribution in [0.15, 0.2) is 225 Å². The summed E-state index contributed by atoms with van der Waals surface area (Å²) in [4.78, 5) is 10.4. The Kier molecular flexibility index (Phi) is 11.6. The van der Waals surface area contributed by atoms with E-state index in [0.717, 1.165) is 72.4 Å². The summed E-state index contributed by atoms with van der Waals surface area (Å²) in [5.41, 5.74) is 16.6. The molecule has 0 amide bonds. The minimum absolute atomic E-state index is 0. The summed E-state index contributed by atoms with van der Waals surface area (Å²) in [6, 6.07) is 76.8. The number of phenols is 1. The second-order valence-corrected chi connectivity index (χ2v) is 18.5.